The Balaban J connectivity index is 1.29. The molecular formula is C20H28N2O5. The van der Waals surface area contributed by atoms with Gasteiger partial charge in [-0.1, -0.05) is 12.1 Å². The molecule has 0 saturated carbocycles. The van der Waals surface area contributed by atoms with Crippen molar-refractivity contribution in [2.45, 2.75) is 37.6 Å². The minimum Gasteiger partial charge on any atom is -0.486 e. The lowest BCUT2D eigenvalue weighted by Gasteiger charge is -2.47. The summed E-state index contributed by atoms with van der Waals surface area (Å²) >= 11 is 0. The minimum absolute atomic E-state index is 0.0794. The van der Waals surface area contributed by atoms with E-state index in [9.17, 15) is 9.90 Å². The molecule has 0 bridgehead atoms. The number of morpholine rings is 1. The van der Waals surface area contributed by atoms with E-state index in [2.05, 4.69) is 4.90 Å². The number of rotatable bonds is 4. The van der Waals surface area contributed by atoms with Gasteiger partial charge in [0.15, 0.2) is 17.6 Å². The van der Waals surface area contributed by atoms with Gasteiger partial charge in [0.25, 0.3) is 0 Å². The number of aliphatic hydroxyl groups is 1. The number of piperidine rings is 1. The highest BCUT2D eigenvalue weighted by Crippen LogP contribution is 2.33. The number of aliphatic hydroxyl groups excluding tert-OH is 1. The van der Waals surface area contributed by atoms with E-state index in [0.29, 0.717) is 25.4 Å². The monoisotopic (exact) mass is 376 g/mol. The number of hydrogen-bond acceptors (Lipinski definition) is 6. The second-order valence-electron chi connectivity index (χ2n) is 7.66. The Morgan fingerprint density at radius 3 is 2.74 bits per heavy atom. The Hall–Kier alpha value is -1.83. The molecule has 1 spiro atoms. The lowest BCUT2D eigenvalue weighted by molar-refractivity contribution is -0.171. The molecule has 2 saturated heterocycles. The highest BCUT2D eigenvalue weighted by Gasteiger charge is 2.42. The lowest BCUT2D eigenvalue weighted by atomic mass is 9.89. The SMILES string of the molecule is CCN1CC2(CCN(CC(O)C3COc4ccccc4O3)CC2)OCC1=O. The van der Waals surface area contributed by atoms with E-state index in [1.165, 1.54) is 0 Å². The molecule has 1 N–H and O–H groups in total. The molecule has 3 heterocycles. The van der Waals surface area contributed by atoms with Gasteiger partial charge in [0.2, 0.25) is 5.91 Å². The Morgan fingerprint density at radius 1 is 1.26 bits per heavy atom. The highest BCUT2D eigenvalue weighted by atomic mass is 16.6. The molecule has 4 rings (SSSR count). The van der Waals surface area contributed by atoms with Crippen LogP contribution in [0.1, 0.15) is 19.8 Å². The summed E-state index contributed by atoms with van der Waals surface area (Å²) in [6.07, 6.45) is 0.756. The molecule has 1 aromatic carbocycles. The number of hydrogen-bond donors (Lipinski definition) is 1. The van der Waals surface area contributed by atoms with Gasteiger partial charge in [0.05, 0.1) is 5.60 Å². The second-order valence-corrected chi connectivity index (χ2v) is 7.66. The number of β-amino-alcohol motifs (C(OH)–C–C–N with tert-alkyl or cyclic N) is 1. The molecule has 7 heteroatoms. The van der Waals surface area contributed by atoms with E-state index >= 15 is 0 Å². The van der Waals surface area contributed by atoms with Gasteiger partial charge in [-0.05, 0) is 31.9 Å². The topological polar surface area (TPSA) is 71.5 Å². The van der Waals surface area contributed by atoms with Crippen LogP contribution >= 0.6 is 0 Å². The number of carbonyl (C=O) groups is 1. The molecule has 3 aliphatic heterocycles. The zero-order valence-corrected chi connectivity index (χ0v) is 15.8. The summed E-state index contributed by atoms with van der Waals surface area (Å²) in [4.78, 5) is 16.0. The normalized spacial score (nSPS) is 26.2. The average molecular weight is 376 g/mol. The highest BCUT2D eigenvalue weighted by molar-refractivity contribution is 5.78. The maximum atomic E-state index is 11.9. The van der Waals surface area contributed by atoms with Gasteiger partial charge < -0.3 is 29.1 Å². The molecule has 0 aromatic heterocycles. The van der Waals surface area contributed by atoms with Crippen LogP contribution in [0.5, 0.6) is 11.5 Å². The Bertz CT molecular complexity index is 674. The number of para-hydroxylation sites is 2. The molecule has 148 valence electrons. The fourth-order valence-electron chi connectivity index (χ4n) is 4.13. The third-order valence-corrected chi connectivity index (χ3v) is 5.89. The molecule has 27 heavy (non-hydrogen) atoms. The van der Waals surface area contributed by atoms with Crippen LogP contribution < -0.4 is 9.47 Å². The zero-order valence-electron chi connectivity index (χ0n) is 15.8. The van der Waals surface area contributed by atoms with Crippen LogP contribution in [0.3, 0.4) is 0 Å². The summed E-state index contributed by atoms with van der Waals surface area (Å²) < 4.78 is 17.6. The summed E-state index contributed by atoms with van der Waals surface area (Å²) in [5, 5.41) is 10.6. The number of fused-ring (bicyclic) bond motifs is 1. The first-order valence-electron chi connectivity index (χ1n) is 9.79. The molecule has 0 radical (unpaired) electrons. The van der Waals surface area contributed by atoms with Gasteiger partial charge in [0.1, 0.15) is 19.3 Å². The summed E-state index contributed by atoms with van der Waals surface area (Å²) in [6, 6.07) is 7.54. The van der Waals surface area contributed by atoms with Gasteiger partial charge in [-0.25, -0.2) is 0 Å². The van der Waals surface area contributed by atoms with Crippen molar-refractivity contribution in [3.05, 3.63) is 24.3 Å². The molecule has 7 nitrogen and oxygen atoms in total. The standard InChI is InChI=1S/C20H28N2O5/c1-2-22-14-20(26-13-19(22)24)7-9-21(10-8-20)11-15(23)18-12-25-16-5-3-4-6-17(16)27-18/h3-6,15,18,23H,2,7-14H2,1H3. The quantitative estimate of drug-likeness (QED) is 0.842. The molecule has 0 aliphatic carbocycles. The summed E-state index contributed by atoms with van der Waals surface area (Å²) in [5.74, 6) is 1.49. The number of likely N-dealkylation sites (N-methyl/N-ethyl adjacent to an activating group) is 1. The molecule has 3 aliphatic rings. The van der Waals surface area contributed by atoms with E-state index in [4.69, 9.17) is 14.2 Å². The van der Waals surface area contributed by atoms with E-state index < -0.39 is 6.10 Å². The smallest absolute Gasteiger partial charge is 0.248 e. The van der Waals surface area contributed by atoms with Gasteiger partial charge in [0, 0.05) is 32.7 Å². The van der Waals surface area contributed by atoms with E-state index in [-0.39, 0.29) is 24.2 Å². The number of benzene rings is 1. The lowest BCUT2D eigenvalue weighted by Crippen LogP contribution is -2.59. The van der Waals surface area contributed by atoms with E-state index in [1.807, 2.05) is 36.1 Å². The molecule has 2 atom stereocenters. The van der Waals surface area contributed by atoms with Crippen molar-refractivity contribution in [1.82, 2.24) is 9.80 Å². The number of carbonyl (C=O) groups excluding carboxylic acids is 1. The summed E-state index contributed by atoms with van der Waals surface area (Å²) in [6.45, 7) is 6.17. The fraction of sp³-hybridized carbons (Fsp3) is 0.650. The van der Waals surface area contributed by atoms with Gasteiger partial charge in [-0.3, -0.25) is 4.79 Å². The largest absolute Gasteiger partial charge is 0.486 e. The van der Waals surface area contributed by atoms with Crippen molar-refractivity contribution in [3.8, 4) is 11.5 Å². The number of amides is 1. The maximum absolute atomic E-state index is 11.9. The first-order chi connectivity index (χ1) is 13.1. The molecule has 1 aromatic rings. The average Bonchev–Trinajstić information content (AvgIpc) is 2.71. The fourth-order valence-corrected chi connectivity index (χ4v) is 4.13. The van der Waals surface area contributed by atoms with E-state index in [0.717, 1.165) is 38.2 Å². The van der Waals surface area contributed by atoms with Crippen molar-refractivity contribution < 1.29 is 24.1 Å². The zero-order chi connectivity index (χ0) is 18.9. The minimum atomic E-state index is -0.617. The molecule has 2 unspecified atom stereocenters. The van der Waals surface area contributed by atoms with Gasteiger partial charge in [-0.2, -0.15) is 0 Å². The Labute approximate surface area is 159 Å². The van der Waals surface area contributed by atoms with E-state index in [1.54, 1.807) is 0 Å². The molecular weight excluding hydrogens is 348 g/mol. The van der Waals surface area contributed by atoms with Crippen molar-refractivity contribution in [1.29, 1.82) is 0 Å². The molecule has 2 fully saturated rings. The van der Waals surface area contributed by atoms with Crippen LogP contribution in [-0.2, 0) is 9.53 Å². The summed E-state index contributed by atoms with van der Waals surface area (Å²) in [7, 11) is 0. The number of ether oxygens (including phenoxy) is 3. The number of nitrogens with zero attached hydrogens (tertiary/aromatic N) is 2. The maximum Gasteiger partial charge on any atom is 0.248 e. The third-order valence-electron chi connectivity index (χ3n) is 5.89. The second kappa shape index (κ2) is 7.66. The van der Waals surface area contributed by atoms with Crippen molar-refractivity contribution in [2.75, 3.05) is 45.9 Å². The Morgan fingerprint density at radius 2 is 2.00 bits per heavy atom. The predicted molar refractivity (Wildman–Crippen MR) is 99.0 cm³/mol. The van der Waals surface area contributed by atoms with Crippen LogP contribution in [0.25, 0.3) is 0 Å². The van der Waals surface area contributed by atoms with Crippen LogP contribution in [-0.4, -0.2) is 84.6 Å². The van der Waals surface area contributed by atoms with Crippen molar-refractivity contribution in [2.24, 2.45) is 0 Å². The van der Waals surface area contributed by atoms with Crippen LogP contribution in [0, 0.1) is 0 Å². The van der Waals surface area contributed by atoms with Crippen LogP contribution in [0.2, 0.25) is 0 Å². The van der Waals surface area contributed by atoms with Crippen molar-refractivity contribution in [3.63, 3.8) is 0 Å². The first-order valence-corrected chi connectivity index (χ1v) is 9.79. The first kappa shape index (κ1) is 18.5. The van der Waals surface area contributed by atoms with Gasteiger partial charge in [-0.15, -0.1) is 0 Å². The predicted octanol–water partition coefficient (Wildman–Crippen LogP) is 0.901. The van der Waals surface area contributed by atoms with Crippen LogP contribution in [0.4, 0.5) is 0 Å². The van der Waals surface area contributed by atoms with Gasteiger partial charge >= 0.3 is 0 Å². The summed E-state index contributed by atoms with van der Waals surface area (Å²) in [5.41, 5.74) is -0.227. The Kier molecular flexibility index (Phi) is 5.25. The van der Waals surface area contributed by atoms with Crippen LogP contribution in [0.15, 0.2) is 24.3 Å². The molecule has 1 amide bonds. The number of likely N-dealkylation sites (tertiary alicyclic amines) is 1. The third kappa shape index (κ3) is 3.90. The van der Waals surface area contributed by atoms with Crippen molar-refractivity contribution >= 4 is 5.91 Å².